The Kier molecular flexibility index (Phi) is 3.62. The van der Waals surface area contributed by atoms with Gasteiger partial charge in [-0.25, -0.2) is 13.2 Å². The van der Waals surface area contributed by atoms with Gasteiger partial charge in [-0.3, -0.25) is 9.78 Å². The van der Waals surface area contributed by atoms with Crippen molar-refractivity contribution in [2.45, 2.75) is 11.8 Å². The SMILES string of the molecule is O=Cc1ncc(CBr)c(F)c1C(F)F. The summed E-state index contributed by atoms with van der Waals surface area (Å²) in [7, 11) is 0. The van der Waals surface area contributed by atoms with Crippen molar-refractivity contribution in [3.8, 4) is 0 Å². The third kappa shape index (κ3) is 1.95. The van der Waals surface area contributed by atoms with E-state index < -0.39 is 23.5 Å². The lowest BCUT2D eigenvalue weighted by molar-refractivity contribution is 0.109. The molecule has 76 valence electrons. The van der Waals surface area contributed by atoms with Crippen molar-refractivity contribution in [2.24, 2.45) is 0 Å². The van der Waals surface area contributed by atoms with Crippen LogP contribution >= 0.6 is 15.9 Å². The predicted octanol–water partition coefficient (Wildman–Crippen LogP) is 2.87. The van der Waals surface area contributed by atoms with E-state index >= 15 is 0 Å². The molecule has 0 N–H and O–H groups in total. The molecule has 14 heavy (non-hydrogen) atoms. The summed E-state index contributed by atoms with van der Waals surface area (Å²) in [6, 6.07) is 0. The lowest BCUT2D eigenvalue weighted by Crippen LogP contribution is -2.04. The van der Waals surface area contributed by atoms with Gasteiger partial charge in [0.1, 0.15) is 11.5 Å². The van der Waals surface area contributed by atoms with Crippen LogP contribution in [-0.4, -0.2) is 11.3 Å². The number of carbonyl (C=O) groups is 1. The first kappa shape index (κ1) is 11.2. The van der Waals surface area contributed by atoms with Crippen molar-refractivity contribution in [3.05, 3.63) is 28.8 Å². The van der Waals surface area contributed by atoms with E-state index in [1.54, 1.807) is 0 Å². The Hall–Kier alpha value is -0.910. The molecule has 0 aliphatic heterocycles. The lowest BCUT2D eigenvalue weighted by atomic mass is 10.1. The summed E-state index contributed by atoms with van der Waals surface area (Å²) in [4.78, 5) is 13.7. The van der Waals surface area contributed by atoms with Gasteiger partial charge in [0, 0.05) is 17.1 Å². The van der Waals surface area contributed by atoms with Gasteiger partial charge in [0.25, 0.3) is 6.43 Å². The lowest BCUT2D eigenvalue weighted by Gasteiger charge is -2.06. The highest BCUT2D eigenvalue weighted by molar-refractivity contribution is 9.08. The number of hydrogen-bond donors (Lipinski definition) is 0. The number of halogens is 4. The molecule has 0 spiro atoms. The topological polar surface area (TPSA) is 30.0 Å². The van der Waals surface area contributed by atoms with E-state index in [2.05, 4.69) is 20.9 Å². The number of nitrogens with zero attached hydrogens (tertiary/aromatic N) is 1. The van der Waals surface area contributed by atoms with E-state index in [4.69, 9.17) is 0 Å². The predicted molar refractivity (Wildman–Crippen MR) is 47.2 cm³/mol. The van der Waals surface area contributed by atoms with Crippen LogP contribution in [0, 0.1) is 5.82 Å². The molecule has 2 nitrogen and oxygen atoms in total. The Balaban J connectivity index is 3.38. The van der Waals surface area contributed by atoms with E-state index in [0.29, 0.717) is 0 Å². The minimum absolute atomic E-state index is 0.00546. The molecule has 0 aromatic carbocycles. The highest BCUT2D eigenvalue weighted by Crippen LogP contribution is 2.26. The summed E-state index contributed by atoms with van der Waals surface area (Å²) < 4.78 is 37.9. The second-order valence-corrected chi connectivity index (χ2v) is 3.01. The summed E-state index contributed by atoms with van der Waals surface area (Å²) in [5, 5.41) is 0.0741. The van der Waals surface area contributed by atoms with Crippen LogP contribution < -0.4 is 0 Å². The normalized spacial score (nSPS) is 10.6. The van der Waals surface area contributed by atoms with Gasteiger partial charge in [0.05, 0.1) is 5.56 Å². The number of aldehydes is 1. The fourth-order valence-corrected chi connectivity index (χ4v) is 1.34. The van der Waals surface area contributed by atoms with Crippen LogP contribution in [0.4, 0.5) is 13.2 Å². The Bertz CT molecular complexity index is 357. The maximum absolute atomic E-state index is 13.3. The molecular weight excluding hydrogens is 263 g/mol. The van der Waals surface area contributed by atoms with Gasteiger partial charge in [-0.2, -0.15) is 0 Å². The van der Waals surface area contributed by atoms with Gasteiger partial charge < -0.3 is 0 Å². The second-order valence-electron chi connectivity index (χ2n) is 2.45. The molecule has 0 saturated heterocycles. The summed E-state index contributed by atoms with van der Waals surface area (Å²) in [6.45, 7) is 0. The van der Waals surface area contributed by atoms with Crippen molar-refractivity contribution >= 4 is 22.2 Å². The molecule has 0 fully saturated rings. The minimum atomic E-state index is -3.04. The van der Waals surface area contributed by atoms with E-state index in [9.17, 15) is 18.0 Å². The summed E-state index contributed by atoms with van der Waals surface area (Å²) >= 11 is 2.92. The third-order valence-electron chi connectivity index (χ3n) is 1.63. The van der Waals surface area contributed by atoms with Crippen LogP contribution in [0.1, 0.15) is 28.0 Å². The number of rotatable bonds is 3. The molecular formula is C8H5BrF3NO. The molecule has 6 heteroatoms. The van der Waals surface area contributed by atoms with Gasteiger partial charge in [-0.05, 0) is 0 Å². The Morgan fingerprint density at radius 3 is 2.64 bits per heavy atom. The van der Waals surface area contributed by atoms with Gasteiger partial charge in [-0.1, -0.05) is 15.9 Å². The fraction of sp³-hybridized carbons (Fsp3) is 0.250. The molecule has 1 aromatic rings. The monoisotopic (exact) mass is 267 g/mol. The first-order valence-electron chi connectivity index (χ1n) is 3.58. The van der Waals surface area contributed by atoms with Crippen molar-refractivity contribution in [3.63, 3.8) is 0 Å². The molecule has 1 rings (SSSR count). The number of alkyl halides is 3. The zero-order valence-electron chi connectivity index (χ0n) is 6.81. The standard InChI is InChI=1S/C8H5BrF3NO/c9-1-4-2-13-5(3-14)6(7(4)10)8(11)12/h2-3,8H,1H2. The molecule has 0 radical (unpaired) electrons. The van der Waals surface area contributed by atoms with Crippen LogP contribution in [0.3, 0.4) is 0 Å². The Morgan fingerprint density at radius 1 is 1.57 bits per heavy atom. The van der Waals surface area contributed by atoms with Gasteiger partial charge in [0.15, 0.2) is 6.29 Å². The third-order valence-corrected chi connectivity index (χ3v) is 2.23. The van der Waals surface area contributed by atoms with Crippen LogP contribution in [0.2, 0.25) is 0 Å². The van der Waals surface area contributed by atoms with Crippen LogP contribution in [0.15, 0.2) is 6.20 Å². The van der Waals surface area contributed by atoms with E-state index in [0.717, 1.165) is 6.20 Å². The highest BCUT2D eigenvalue weighted by Gasteiger charge is 2.21. The Morgan fingerprint density at radius 2 is 2.21 bits per heavy atom. The maximum atomic E-state index is 13.3. The van der Waals surface area contributed by atoms with Crippen LogP contribution in [0.5, 0.6) is 0 Å². The zero-order chi connectivity index (χ0) is 10.7. The average Bonchev–Trinajstić information content (AvgIpc) is 2.16. The average molecular weight is 268 g/mol. The van der Waals surface area contributed by atoms with E-state index in [1.165, 1.54) is 0 Å². The van der Waals surface area contributed by atoms with Gasteiger partial charge >= 0.3 is 0 Å². The van der Waals surface area contributed by atoms with Gasteiger partial charge in [-0.15, -0.1) is 0 Å². The number of carbonyl (C=O) groups excluding carboxylic acids is 1. The molecule has 0 atom stereocenters. The van der Waals surface area contributed by atoms with Crippen molar-refractivity contribution in [1.29, 1.82) is 0 Å². The highest BCUT2D eigenvalue weighted by atomic mass is 79.9. The van der Waals surface area contributed by atoms with Crippen LogP contribution in [0.25, 0.3) is 0 Å². The Labute approximate surface area is 86.3 Å². The van der Waals surface area contributed by atoms with E-state index in [1.807, 2.05) is 0 Å². The molecule has 0 amide bonds. The molecule has 1 aromatic heterocycles. The quantitative estimate of drug-likeness (QED) is 0.623. The molecule has 0 saturated carbocycles. The number of aromatic nitrogens is 1. The van der Waals surface area contributed by atoms with Crippen LogP contribution in [-0.2, 0) is 5.33 Å². The summed E-state index contributed by atoms with van der Waals surface area (Å²) in [6.07, 6.45) is -1.87. The summed E-state index contributed by atoms with van der Waals surface area (Å²) in [5.74, 6) is -1.08. The van der Waals surface area contributed by atoms with E-state index in [-0.39, 0.29) is 17.2 Å². The first-order valence-corrected chi connectivity index (χ1v) is 4.70. The second kappa shape index (κ2) is 4.54. The summed E-state index contributed by atoms with van der Waals surface area (Å²) in [5.41, 5.74) is -1.48. The van der Waals surface area contributed by atoms with Gasteiger partial charge in [0.2, 0.25) is 0 Å². The number of pyridine rings is 1. The first-order chi connectivity index (χ1) is 6.61. The largest absolute Gasteiger partial charge is 0.296 e. The minimum Gasteiger partial charge on any atom is -0.296 e. The molecule has 0 aliphatic rings. The zero-order valence-corrected chi connectivity index (χ0v) is 8.39. The maximum Gasteiger partial charge on any atom is 0.268 e. The molecule has 0 aliphatic carbocycles. The smallest absolute Gasteiger partial charge is 0.268 e. The van der Waals surface area contributed by atoms with Crippen molar-refractivity contribution < 1.29 is 18.0 Å². The molecule has 1 heterocycles. The molecule has 0 unspecified atom stereocenters. The van der Waals surface area contributed by atoms with Crippen molar-refractivity contribution in [2.75, 3.05) is 0 Å². The fourth-order valence-electron chi connectivity index (χ4n) is 0.954. The number of hydrogen-bond acceptors (Lipinski definition) is 2. The van der Waals surface area contributed by atoms with Crippen molar-refractivity contribution in [1.82, 2.24) is 4.98 Å². The molecule has 0 bridgehead atoms.